The highest BCUT2D eigenvalue weighted by Gasteiger charge is 2.26. The van der Waals surface area contributed by atoms with Crippen molar-refractivity contribution in [2.24, 2.45) is 0 Å². The van der Waals surface area contributed by atoms with E-state index in [-0.39, 0.29) is 0 Å². The summed E-state index contributed by atoms with van der Waals surface area (Å²) in [5, 5.41) is -0.613. The fourth-order valence-electron chi connectivity index (χ4n) is 0.942. The predicted octanol–water partition coefficient (Wildman–Crippen LogP) is -1.81. The van der Waals surface area contributed by atoms with E-state index < -0.39 is 15.4 Å². The molecule has 0 aromatic carbocycles. The van der Waals surface area contributed by atoms with Crippen LogP contribution in [0.15, 0.2) is 0 Å². The third kappa shape index (κ3) is 1.78. The van der Waals surface area contributed by atoms with Gasteiger partial charge in [-0.2, -0.15) is 8.42 Å². The second-order valence-corrected chi connectivity index (χ2v) is 4.02. The lowest BCUT2D eigenvalue weighted by Gasteiger charge is -2.08. The number of nitrogens with one attached hydrogen (secondary N) is 1. The van der Waals surface area contributed by atoms with Crippen LogP contribution in [-0.2, 0) is 10.1 Å². The lowest BCUT2D eigenvalue weighted by Crippen LogP contribution is -2.74. The Labute approximate surface area is 59.7 Å². The summed E-state index contributed by atoms with van der Waals surface area (Å²) in [6.07, 6.45) is 3.03. The SMILES string of the molecule is O=S(=O)(O)C1CCC=[NH+]C1. The summed E-state index contributed by atoms with van der Waals surface area (Å²) >= 11 is 0. The Morgan fingerprint density at radius 3 is 2.60 bits per heavy atom. The van der Waals surface area contributed by atoms with Crippen molar-refractivity contribution in [1.82, 2.24) is 0 Å². The van der Waals surface area contributed by atoms with E-state index in [1.807, 2.05) is 6.21 Å². The van der Waals surface area contributed by atoms with Crippen LogP contribution in [0.2, 0.25) is 0 Å². The molecule has 0 saturated heterocycles. The van der Waals surface area contributed by atoms with Crippen LogP contribution in [0.5, 0.6) is 0 Å². The molecule has 4 nitrogen and oxygen atoms in total. The van der Waals surface area contributed by atoms with Crippen molar-refractivity contribution in [3.63, 3.8) is 0 Å². The molecule has 0 amide bonds. The van der Waals surface area contributed by atoms with Gasteiger partial charge in [0.15, 0.2) is 6.54 Å². The minimum absolute atomic E-state index is 0.332. The van der Waals surface area contributed by atoms with Crippen molar-refractivity contribution < 1.29 is 18.0 Å². The van der Waals surface area contributed by atoms with Gasteiger partial charge >= 0.3 is 0 Å². The summed E-state index contributed by atoms with van der Waals surface area (Å²) in [4.78, 5) is 2.78. The van der Waals surface area contributed by atoms with E-state index >= 15 is 0 Å². The van der Waals surface area contributed by atoms with Gasteiger partial charge in [-0.05, 0) is 6.42 Å². The topological polar surface area (TPSA) is 68.3 Å². The Bertz CT molecular complexity index is 231. The Morgan fingerprint density at radius 2 is 2.30 bits per heavy atom. The van der Waals surface area contributed by atoms with Crippen molar-refractivity contribution in [2.75, 3.05) is 6.54 Å². The molecule has 0 spiro atoms. The standard InChI is InChI=1S/C5H9NO3S/c7-10(8,9)5-2-1-3-6-4-5/h3,5H,1-2,4H2,(H,7,8,9)/p+1. The monoisotopic (exact) mass is 164 g/mol. The molecule has 0 bridgehead atoms. The summed E-state index contributed by atoms with van der Waals surface area (Å²) < 4.78 is 29.5. The minimum Gasteiger partial charge on any atom is -0.285 e. The zero-order chi connectivity index (χ0) is 7.61. The number of rotatable bonds is 1. The molecule has 0 aliphatic carbocycles. The Hall–Kier alpha value is -0.420. The van der Waals surface area contributed by atoms with Gasteiger partial charge in [0.05, 0.1) is 0 Å². The molecule has 1 aliphatic rings. The quantitative estimate of drug-likeness (QED) is 0.449. The van der Waals surface area contributed by atoms with Gasteiger partial charge in [-0.1, -0.05) is 0 Å². The van der Waals surface area contributed by atoms with Crippen LogP contribution in [-0.4, -0.2) is 31.0 Å². The molecule has 1 rings (SSSR count). The maximum atomic E-state index is 10.5. The van der Waals surface area contributed by atoms with Crippen LogP contribution in [0.4, 0.5) is 0 Å². The summed E-state index contributed by atoms with van der Waals surface area (Å²) in [5.41, 5.74) is 0. The van der Waals surface area contributed by atoms with E-state index in [0.29, 0.717) is 19.4 Å². The molecule has 0 radical (unpaired) electrons. The highest BCUT2D eigenvalue weighted by atomic mass is 32.2. The predicted molar refractivity (Wildman–Crippen MR) is 36.5 cm³/mol. The van der Waals surface area contributed by atoms with Crippen molar-refractivity contribution >= 4 is 16.3 Å². The average molecular weight is 164 g/mol. The van der Waals surface area contributed by atoms with Crippen LogP contribution in [0.3, 0.4) is 0 Å². The minimum atomic E-state index is -3.81. The Morgan fingerprint density at radius 1 is 1.60 bits per heavy atom. The molecule has 1 aliphatic heterocycles. The van der Waals surface area contributed by atoms with Gasteiger partial charge in [0.1, 0.15) is 11.5 Å². The molecule has 2 N–H and O–H groups in total. The van der Waals surface area contributed by atoms with Crippen LogP contribution >= 0.6 is 0 Å². The summed E-state index contributed by atoms with van der Waals surface area (Å²) in [5.74, 6) is 0. The van der Waals surface area contributed by atoms with Gasteiger partial charge in [-0.3, -0.25) is 9.55 Å². The molecular formula is C5H10NO3S+. The first-order valence-corrected chi connectivity index (χ1v) is 4.62. The van der Waals surface area contributed by atoms with Crippen molar-refractivity contribution in [3.8, 4) is 0 Å². The molecule has 1 heterocycles. The molecule has 5 heteroatoms. The number of hydrogen-bond acceptors (Lipinski definition) is 2. The van der Waals surface area contributed by atoms with Crippen LogP contribution in [0.1, 0.15) is 12.8 Å². The van der Waals surface area contributed by atoms with E-state index in [9.17, 15) is 8.42 Å². The maximum Gasteiger partial charge on any atom is 0.274 e. The third-order valence-electron chi connectivity index (χ3n) is 1.54. The first-order valence-electron chi connectivity index (χ1n) is 3.12. The van der Waals surface area contributed by atoms with E-state index in [1.165, 1.54) is 0 Å². The summed E-state index contributed by atoms with van der Waals surface area (Å²) in [6.45, 7) is 0.332. The Balaban J connectivity index is 2.67. The smallest absolute Gasteiger partial charge is 0.274 e. The van der Waals surface area contributed by atoms with Crippen LogP contribution in [0.25, 0.3) is 0 Å². The highest BCUT2D eigenvalue weighted by Crippen LogP contribution is 2.04. The largest absolute Gasteiger partial charge is 0.285 e. The summed E-state index contributed by atoms with van der Waals surface area (Å²) in [7, 11) is -3.81. The van der Waals surface area contributed by atoms with Crippen LogP contribution in [0, 0.1) is 0 Å². The van der Waals surface area contributed by atoms with Gasteiger partial charge in [-0.15, -0.1) is 0 Å². The van der Waals surface area contributed by atoms with E-state index in [0.717, 1.165) is 0 Å². The lowest BCUT2D eigenvalue weighted by atomic mass is 10.2. The van der Waals surface area contributed by atoms with Crippen LogP contribution < -0.4 is 4.99 Å². The van der Waals surface area contributed by atoms with Crippen molar-refractivity contribution in [1.29, 1.82) is 0 Å². The second-order valence-electron chi connectivity index (χ2n) is 2.33. The lowest BCUT2D eigenvalue weighted by molar-refractivity contribution is -0.456. The highest BCUT2D eigenvalue weighted by molar-refractivity contribution is 7.86. The molecule has 0 saturated carbocycles. The summed E-state index contributed by atoms with van der Waals surface area (Å²) in [6, 6.07) is 0. The van der Waals surface area contributed by atoms with Gasteiger partial charge in [-0.25, -0.2) is 0 Å². The molecule has 10 heavy (non-hydrogen) atoms. The molecular weight excluding hydrogens is 154 g/mol. The first kappa shape index (κ1) is 7.68. The van der Waals surface area contributed by atoms with Gasteiger partial charge in [0, 0.05) is 6.42 Å². The van der Waals surface area contributed by atoms with Crippen molar-refractivity contribution in [2.45, 2.75) is 18.1 Å². The molecule has 1 atom stereocenters. The van der Waals surface area contributed by atoms with Gasteiger partial charge in [0.25, 0.3) is 10.1 Å². The average Bonchev–Trinajstić information content (AvgIpc) is 1.88. The molecule has 0 aromatic heterocycles. The maximum absolute atomic E-state index is 10.5. The fraction of sp³-hybridized carbons (Fsp3) is 0.800. The fourth-order valence-corrected chi connectivity index (χ4v) is 1.68. The normalized spacial score (nSPS) is 26.7. The van der Waals surface area contributed by atoms with E-state index in [4.69, 9.17) is 4.55 Å². The van der Waals surface area contributed by atoms with E-state index in [2.05, 4.69) is 4.99 Å². The molecule has 58 valence electrons. The molecule has 0 fully saturated rings. The Kier molecular flexibility index (Phi) is 2.05. The van der Waals surface area contributed by atoms with E-state index in [1.54, 1.807) is 0 Å². The zero-order valence-electron chi connectivity index (χ0n) is 5.45. The second kappa shape index (κ2) is 2.67. The van der Waals surface area contributed by atoms with Gasteiger partial charge in [0.2, 0.25) is 0 Å². The third-order valence-corrected chi connectivity index (χ3v) is 2.79. The number of hydrogen-bond donors (Lipinski definition) is 2. The first-order chi connectivity index (χ1) is 4.61. The van der Waals surface area contributed by atoms with Crippen molar-refractivity contribution in [3.05, 3.63) is 0 Å². The molecule has 0 aromatic rings. The zero-order valence-corrected chi connectivity index (χ0v) is 6.26. The molecule has 1 unspecified atom stereocenters. The van der Waals surface area contributed by atoms with Gasteiger partial charge < -0.3 is 0 Å².